The maximum atomic E-state index is 13.9. The number of hydrogen-bond donors (Lipinski definition) is 0. The fourth-order valence-corrected chi connectivity index (χ4v) is 15.8. The van der Waals surface area contributed by atoms with E-state index in [2.05, 4.69) is 330 Å². The van der Waals surface area contributed by atoms with E-state index in [4.69, 9.17) is 19.9 Å². The van der Waals surface area contributed by atoms with Gasteiger partial charge in [-0.3, -0.25) is 27.9 Å². The summed E-state index contributed by atoms with van der Waals surface area (Å²) in [5, 5.41) is 9.66. The summed E-state index contributed by atoms with van der Waals surface area (Å²) in [4.78, 5) is 47.5. The summed E-state index contributed by atoms with van der Waals surface area (Å²) >= 11 is 0. The summed E-state index contributed by atoms with van der Waals surface area (Å²) in [6, 6.07) is 69.5. The average molecular weight is 1480 g/mol. The number of rotatable bonds is 8. The van der Waals surface area contributed by atoms with Crippen LogP contribution >= 0.6 is 0 Å². The highest BCUT2D eigenvalue weighted by atomic mass is 16.1. The van der Waals surface area contributed by atoms with Gasteiger partial charge in [0.25, 0.3) is 0 Å². The molecule has 8 heterocycles. The maximum absolute atomic E-state index is 13.9. The van der Waals surface area contributed by atoms with Crippen LogP contribution < -0.4 is 0 Å². The summed E-state index contributed by atoms with van der Waals surface area (Å²) in [5.41, 5.74) is 21.4. The molecule has 0 aliphatic rings. The molecule has 0 spiro atoms. The second-order valence-corrected chi connectivity index (χ2v) is 39.5. The van der Waals surface area contributed by atoms with Crippen LogP contribution in [0, 0.1) is 0 Å². The van der Waals surface area contributed by atoms with Gasteiger partial charge in [-0.1, -0.05) is 215 Å². The topological polar surface area (TPSA) is 105 Å². The number of benzene rings is 8. The van der Waals surface area contributed by atoms with Gasteiger partial charge in [-0.25, -0.2) is 19.9 Å². The van der Waals surface area contributed by atoms with Gasteiger partial charge in [-0.05, 0) is 233 Å². The number of carbonyl (C=O) groups excluding carboxylic acids is 2. The average Bonchev–Trinajstić information content (AvgIpc) is 1.60. The molecule has 10 heteroatoms. The first-order chi connectivity index (χ1) is 52.4. The Kier molecular flexibility index (Phi) is 18.3. The molecule has 8 aromatic carbocycles. The maximum Gasteiger partial charge on any atom is 0.196 e. The van der Waals surface area contributed by atoms with Gasteiger partial charge in [0.05, 0.1) is 44.1 Å². The molecule has 10 nitrogen and oxygen atoms in total. The lowest BCUT2D eigenvalue weighted by Gasteiger charge is -2.19. The molecule has 16 aromatic rings. The van der Waals surface area contributed by atoms with Crippen LogP contribution in [0.3, 0.4) is 0 Å². The van der Waals surface area contributed by atoms with Gasteiger partial charge >= 0.3 is 0 Å². The first-order valence-corrected chi connectivity index (χ1v) is 39.7. The summed E-state index contributed by atoms with van der Waals surface area (Å²) in [5.74, 6) is 2.88. The summed E-state index contributed by atoms with van der Waals surface area (Å²) in [7, 11) is 0. The van der Waals surface area contributed by atoms with Gasteiger partial charge < -0.3 is 0 Å². The van der Waals surface area contributed by atoms with E-state index in [1.807, 2.05) is 48.5 Å². The molecule has 0 aliphatic carbocycles. The minimum Gasteiger partial charge on any atom is -0.294 e. The molecule has 568 valence electrons. The molecule has 112 heavy (non-hydrogen) atoms. The molecule has 0 bridgehead atoms. The Balaban J connectivity index is 0.000000177. The van der Waals surface area contributed by atoms with Gasteiger partial charge in [-0.2, -0.15) is 0 Å². The fraction of sp³-hybridized carbons (Fsp3) is 0.314. The van der Waals surface area contributed by atoms with Crippen LogP contribution in [0.4, 0.5) is 0 Å². The predicted molar refractivity (Wildman–Crippen MR) is 471 cm³/mol. The van der Waals surface area contributed by atoms with Crippen LogP contribution in [0.15, 0.2) is 219 Å². The number of fused-ring (bicyclic) bond motifs is 12. The first kappa shape index (κ1) is 76.3. The number of pyridine rings is 4. The van der Waals surface area contributed by atoms with Crippen LogP contribution in [-0.4, -0.2) is 49.8 Å². The molecule has 0 saturated heterocycles. The molecule has 0 saturated carbocycles. The molecular weight excluding hydrogens is 1370 g/mol. The van der Waals surface area contributed by atoms with Crippen molar-refractivity contribution < 1.29 is 9.59 Å². The van der Waals surface area contributed by atoms with E-state index in [0.29, 0.717) is 22.3 Å². The smallest absolute Gasteiger partial charge is 0.196 e. The van der Waals surface area contributed by atoms with Gasteiger partial charge in [0.15, 0.2) is 11.6 Å². The van der Waals surface area contributed by atoms with E-state index in [0.717, 1.165) is 67.4 Å². The summed E-state index contributed by atoms with van der Waals surface area (Å²) in [6.45, 7) is 54.1. The molecule has 0 aliphatic heterocycles. The van der Waals surface area contributed by atoms with E-state index in [1.54, 1.807) is 24.8 Å². The Bertz CT molecular complexity index is 5360. The zero-order valence-corrected chi connectivity index (χ0v) is 70.2. The van der Waals surface area contributed by atoms with Crippen molar-refractivity contribution in [2.75, 3.05) is 0 Å². The zero-order chi connectivity index (χ0) is 80.2. The van der Waals surface area contributed by atoms with E-state index in [1.165, 1.54) is 87.6 Å². The Morgan fingerprint density at radius 1 is 0.196 bits per heavy atom. The quantitative estimate of drug-likeness (QED) is 0.140. The highest BCUT2D eigenvalue weighted by molar-refractivity contribution is 6.14. The van der Waals surface area contributed by atoms with Gasteiger partial charge in [0.2, 0.25) is 0 Å². The second kappa shape index (κ2) is 26.8. The number of carbonyl (C=O) groups is 2. The number of hydrogen-bond acceptors (Lipinski definition) is 6. The fourth-order valence-electron chi connectivity index (χ4n) is 15.8. The van der Waals surface area contributed by atoms with E-state index < -0.39 is 0 Å². The van der Waals surface area contributed by atoms with E-state index in [-0.39, 0.29) is 54.9 Å². The lowest BCUT2D eigenvalue weighted by molar-refractivity contribution is 0.103. The molecule has 16 rings (SSSR count). The van der Waals surface area contributed by atoms with Crippen LogP contribution in [0.5, 0.6) is 0 Å². The Hall–Kier alpha value is -11.1. The highest BCUT2D eigenvalue weighted by Crippen LogP contribution is 2.44. The van der Waals surface area contributed by atoms with Crippen LogP contribution in [0.1, 0.15) is 243 Å². The molecule has 0 radical (unpaired) electrons. The largest absolute Gasteiger partial charge is 0.294 e. The van der Waals surface area contributed by atoms with Gasteiger partial charge in [0.1, 0.15) is 23.3 Å². The second-order valence-electron chi connectivity index (χ2n) is 39.5. The third-order valence-electron chi connectivity index (χ3n) is 22.9. The normalized spacial score (nSPS) is 13.1. The number of aromatic nitrogens is 8. The van der Waals surface area contributed by atoms with Crippen LogP contribution in [0.25, 0.3) is 110 Å². The molecule has 0 atom stereocenters. The minimum absolute atomic E-state index is 0.0212. The predicted octanol–water partition coefficient (Wildman–Crippen LogP) is 26.2. The number of nitrogens with zero attached hydrogens (tertiary/aromatic N) is 8. The van der Waals surface area contributed by atoms with Gasteiger partial charge in [-0.15, -0.1) is 0 Å². The molecule has 0 fully saturated rings. The lowest BCUT2D eigenvalue weighted by atomic mass is 9.85. The molecule has 0 N–H and O–H groups in total. The third-order valence-corrected chi connectivity index (χ3v) is 22.9. The van der Waals surface area contributed by atoms with Crippen molar-refractivity contribution >= 4 is 98.8 Å². The van der Waals surface area contributed by atoms with Crippen LogP contribution in [-0.2, 0) is 43.3 Å². The zero-order valence-electron chi connectivity index (χ0n) is 70.2. The SMILES string of the molecule is CC(C)(C)c1ccc2c(c1)c1cc(C(C)(C)C)ccc1n2-c1ccc(C(=O)c2ccc(-n3c4ccc(C(C)(C)C)cc4c4cc(C(C)(C)C)ccc43)nc2)cn1.CC(C)(C)c1ccc2c(c1)c1cc(C(C)(C)C)ccc1n2-c1ccc(C(=O)c2ccc(-n3c4ccc(C(C)(C)C)cc4c4cc(C(C)(C)C)ccc43)nc2)cn1. The highest BCUT2D eigenvalue weighted by Gasteiger charge is 2.29. The van der Waals surface area contributed by atoms with Crippen molar-refractivity contribution in [1.29, 1.82) is 0 Å². The van der Waals surface area contributed by atoms with Crippen molar-refractivity contribution in [1.82, 2.24) is 38.2 Å². The van der Waals surface area contributed by atoms with Gasteiger partial charge in [0, 0.05) is 90.1 Å². The van der Waals surface area contributed by atoms with Crippen molar-refractivity contribution in [3.63, 3.8) is 0 Å². The minimum atomic E-state index is -0.109. The van der Waals surface area contributed by atoms with Crippen molar-refractivity contribution in [3.8, 4) is 23.3 Å². The Morgan fingerprint density at radius 2 is 0.330 bits per heavy atom. The molecule has 0 amide bonds. The molecule has 0 unspecified atom stereocenters. The standard InChI is InChI=1S/2C51H54N4O/c2*1-48(2,3)33-15-19-41-37(25-33)38-26-34(49(4,5)6)16-20-42(38)54(41)45-23-13-31(29-52-45)47(56)32-14-24-46(53-30-32)55-43-21-17-35(50(7,8)9)27-39(43)40-28-36(51(10,11)12)18-22-44(40)55/h2*13-30H,1-12H3. The Morgan fingerprint density at radius 3 is 0.438 bits per heavy atom. The Labute approximate surface area is 661 Å². The molecule has 8 aromatic heterocycles. The number of ketones is 2. The summed E-state index contributed by atoms with van der Waals surface area (Å²) < 4.78 is 8.87. The molecular formula is C102H108N8O2. The van der Waals surface area contributed by atoms with E-state index in [9.17, 15) is 9.59 Å². The monoisotopic (exact) mass is 1480 g/mol. The van der Waals surface area contributed by atoms with E-state index >= 15 is 0 Å². The summed E-state index contributed by atoms with van der Waals surface area (Å²) in [6.07, 6.45) is 6.79. The third kappa shape index (κ3) is 13.9. The lowest BCUT2D eigenvalue weighted by Crippen LogP contribution is -2.10. The van der Waals surface area contributed by atoms with Crippen LogP contribution in [0.2, 0.25) is 0 Å². The first-order valence-electron chi connectivity index (χ1n) is 39.7. The van der Waals surface area contributed by atoms with Crippen molar-refractivity contribution in [3.05, 3.63) is 286 Å². The van der Waals surface area contributed by atoms with Crippen molar-refractivity contribution in [2.45, 2.75) is 209 Å². The van der Waals surface area contributed by atoms with Crippen molar-refractivity contribution in [2.24, 2.45) is 0 Å².